The van der Waals surface area contributed by atoms with Crippen molar-refractivity contribution in [2.45, 2.75) is 0 Å². The maximum absolute atomic E-state index is 5.50. The third-order valence-corrected chi connectivity index (χ3v) is 0.496. The van der Waals surface area contributed by atoms with Gasteiger partial charge >= 0.3 is 0 Å². The summed E-state index contributed by atoms with van der Waals surface area (Å²) in [7, 11) is 0. The normalized spacial score (nSPS) is 4.31. The van der Waals surface area contributed by atoms with E-state index >= 15 is 0 Å². The van der Waals surface area contributed by atoms with Crippen LogP contribution in [0.4, 0.5) is 0 Å². The molecule has 74 valence electrons. The highest BCUT2D eigenvalue weighted by atomic mass is 14.6. The van der Waals surface area contributed by atoms with Gasteiger partial charge < -0.3 is 26.6 Å². The summed E-state index contributed by atoms with van der Waals surface area (Å²) in [4.78, 5) is 2.86. The Kier molecular flexibility index (Phi) is 158. The van der Waals surface area contributed by atoms with E-state index in [0.717, 1.165) is 0 Å². The minimum Gasteiger partial charge on any atom is -0.368 e. The van der Waals surface area contributed by atoms with Gasteiger partial charge in [-0.15, -0.1) is 0 Å². The molecule has 0 aliphatic rings. The van der Waals surface area contributed by atoms with E-state index in [9.17, 15) is 0 Å². The second-order valence-corrected chi connectivity index (χ2v) is 0.885. The molecule has 0 saturated carbocycles. The van der Waals surface area contributed by atoms with Crippen LogP contribution in [0.1, 0.15) is 0 Å². The molecular weight excluding hydrogens is 166 g/mol. The predicted octanol–water partition coefficient (Wildman–Crippen LogP) is 2.08. The van der Waals surface area contributed by atoms with E-state index in [4.69, 9.17) is 21.6 Å². The molecular formula is C8H17N5. The van der Waals surface area contributed by atoms with E-state index in [1.54, 1.807) is 0 Å². The van der Waals surface area contributed by atoms with Crippen LogP contribution in [0.15, 0.2) is 24.5 Å². The smallest absolute Gasteiger partial charge is 0.000496 e. The van der Waals surface area contributed by atoms with E-state index in [1.165, 1.54) is 0 Å². The predicted molar refractivity (Wildman–Crippen MR) is 60.2 cm³/mol. The molecule has 1 aromatic heterocycles. The summed E-state index contributed by atoms with van der Waals surface area (Å²) in [6.45, 7) is 10.0. The Balaban J connectivity index is -0.0000000445. The number of hydrogen-bond donors (Lipinski definition) is 5. The number of H-pyrrole nitrogens is 1. The summed E-state index contributed by atoms with van der Waals surface area (Å²) in [6.07, 6.45) is 3.75. The molecule has 5 N–H and O–H groups in total. The SMILES string of the molecule is C=N.C=N.C=N.C=N.c1cc[nH]c1. The minimum absolute atomic E-state index is 1.88. The highest BCUT2D eigenvalue weighted by Gasteiger charge is 1.55. The van der Waals surface area contributed by atoms with Gasteiger partial charge in [0.05, 0.1) is 0 Å². The molecule has 0 saturated heterocycles. The van der Waals surface area contributed by atoms with E-state index < -0.39 is 0 Å². The molecule has 0 bridgehead atoms. The molecule has 1 rings (SSSR count). The fourth-order valence-corrected chi connectivity index (χ4v) is 0.278. The van der Waals surface area contributed by atoms with Crippen molar-refractivity contribution in [2.24, 2.45) is 0 Å². The molecule has 1 aromatic rings. The summed E-state index contributed by atoms with van der Waals surface area (Å²) >= 11 is 0. The minimum atomic E-state index is 1.88. The van der Waals surface area contributed by atoms with Gasteiger partial charge in [-0.3, -0.25) is 0 Å². The number of rotatable bonds is 0. The van der Waals surface area contributed by atoms with Crippen molar-refractivity contribution >= 4 is 26.9 Å². The molecule has 1 heterocycles. The maximum Gasteiger partial charge on any atom is 0.000496 e. The summed E-state index contributed by atoms with van der Waals surface area (Å²) in [5, 5.41) is 22.0. The van der Waals surface area contributed by atoms with Gasteiger partial charge in [-0.1, -0.05) is 0 Å². The van der Waals surface area contributed by atoms with Crippen molar-refractivity contribution in [2.75, 3.05) is 0 Å². The molecule has 0 aromatic carbocycles. The Hall–Kier alpha value is -2.04. The van der Waals surface area contributed by atoms with Gasteiger partial charge in [0.2, 0.25) is 0 Å². The molecule has 0 atom stereocenters. The first-order chi connectivity index (χ1) is 6.50. The quantitative estimate of drug-likeness (QED) is 0.379. The lowest BCUT2D eigenvalue weighted by molar-refractivity contribution is 1.42. The number of nitrogens with one attached hydrogen (secondary N) is 5. The van der Waals surface area contributed by atoms with Gasteiger partial charge in [-0.25, -0.2) is 0 Å². The van der Waals surface area contributed by atoms with E-state index in [0.29, 0.717) is 0 Å². The van der Waals surface area contributed by atoms with Gasteiger partial charge in [0, 0.05) is 12.4 Å². The van der Waals surface area contributed by atoms with Crippen LogP contribution in [0.2, 0.25) is 0 Å². The number of aromatic nitrogens is 1. The van der Waals surface area contributed by atoms with Crippen LogP contribution < -0.4 is 0 Å². The second kappa shape index (κ2) is 91.3. The summed E-state index contributed by atoms with van der Waals surface area (Å²) in [5.74, 6) is 0. The van der Waals surface area contributed by atoms with Gasteiger partial charge in [-0.05, 0) is 39.0 Å². The first-order valence-electron chi connectivity index (χ1n) is 2.99. The number of aromatic amines is 1. The largest absolute Gasteiger partial charge is 0.368 e. The van der Waals surface area contributed by atoms with Gasteiger partial charge in [-0.2, -0.15) is 0 Å². The third kappa shape index (κ3) is 72.0. The average molecular weight is 183 g/mol. The molecule has 0 amide bonds. The van der Waals surface area contributed by atoms with Crippen LogP contribution in [0.5, 0.6) is 0 Å². The van der Waals surface area contributed by atoms with Crippen LogP contribution in [0.25, 0.3) is 0 Å². The molecule has 0 unspecified atom stereocenters. The Morgan fingerprint density at radius 1 is 0.615 bits per heavy atom. The van der Waals surface area contributed by atoms with Crippen molar-refractivity contribution in [3.05, 3.63) is 24.5 Å². The van der Waals surface area contributed by atoms with Crippen LogP contribution in [0.3, 0.4) is 0 Å². The lowest BCUT2D eigenvalue weighted by atomic mass is 10.7. The summed E-state index contributed by atoms with van der Waals surface area (Å²) in [5.41, 5.74) is 0. The topological polar surface area (TPSA) is 111 Å². The monoisotopic (exact) mass is 183 g/mol. The Labute approximate surface area is 78.9 Å². The standard InChI is InChI=1S/C4H5N.4CH3N/c1-2-4-5-3-1;4*1-2/h1-5H;4*2H,1H2. The second-order valence-electron chi connectivity index (χ2n) is 0.885. The summed E-state index contributed by atoms with van der Waals surface area (Å²) in [6, 6.07) is 3.89. The van der Waals surface area contributed by atoms with Gasteiger partial charge in [0.1, 0.15) is 0 Å². The maximum atomic E-state index is 5.50. The lowest BCUT2D eigenvalue weighted by Crippen LogP contribution is -1.38. The van der Waals surface area contributed by atoms with Gasteiger partial charge in [0.25, 0.3) is 0 Å². The Morgan fingerprint density at radius 3 is 0.923 bits per heavy atom. The number of hydrogen-bond acceptors (Lipinski definition) is 4. The van der Waals surface area contributed by atoms with Crippen LogP contribution in [-0.2, 0) is 0 Å². The molecule has 0 radical (unpaired) electrons. The molecule has 0 fully saturated rings. The molecule has 0 spiro atoms. The third-order valence-electron chi connectivity index (χ3n) is 0.496. The van der Waals surface area contributed by atoms with E-state index in [-0.39, 0.29) is 0 Å². The van der Waals surface area contributed by atoms with Crippen molar-refractivity contribution in [1.29, 1.82) is 21.6 Å². The van der Waals surface area contributed by atoms with Crippen LogP contribution >= 0.6 is 0 Å². The Morgan fingerprint density at radius 2 is 0.846 bits per heavy atom. The zero-order valence-electron chi connectivity index (χ0n) is 7.64. The lowest BCUT2D eigenvalue weighted by Gasteiger charge is -1.49. The van der Waals surface area contributed by atoms with Crippen LogP contribution in [0, 0.1) is 21.6 Å². The molecule has 5 heteroatoms. The first-order valence-corrected chi connectivity index (χ1v) is 2.99. The highest BCUT2D eigenvalue weighted by Crippen LogP contribution is 1.72. The van der Waals surface area contributed by atoms with E-state index in [1.807, 2.05) is 24.5 Å². The van der Waals surface area contributed by atoms with Crippen molar-refractivity contribution in [3.8, 4) is 0 Å². The highest BCUT2D eigenvalue weighted by molar-refractivity contribution is 5.16. The zero-order valence-corrected chi connectivity index (χ0v) is 7.64. The van der Waals surface area contributed by atoms with Crippen molar-refractivity contribution in [1.82, 2.24) is 4.98 Å². The zero-order chi connectivity index (χ0) is 11.5. The van der Waals surface area contributed by atoms with Crippen molar-refractivity contribution in [3.63, 3.8) is 0 Å². The molecule has 5 nitrogen and oxygen atoms in total. The fourth-order valence-electron chi connectivity index (χ4n) is 0.278. The Bertz CT molecular complexity index is 104. The van der Waals surface area contributed by atoms with Gasteiger partial charge in [0.15, 0.2) is 0 Å². The summed E-state index contributed by atoms with van der Waals surface area (Å²) < 4.78 is 0. The van der Waals surface area contributed by atoms with E-state index in [2.05, 4.69) is 31.9 Å². The van der Waals surface area contributed by atoms with Crippen molar-refractivity contribution < 1.29 is 0 Å². The molecule has 0 aliphatic heterocycles. The van der Waals surface area contributed by atoms with Crippen LogP contribution in [-0.4, -0.2) is 31.9 Å². The molecule has 13 heavy (non-hydrogen) atoms. The first kappa shape index (κ1) is 22.4. The molecule has 0 aliphatic carbocycles. The average Bonchev–Trinajstić information content (AvgIpc) is 2.87. The fraction of sp³-hybridized carbons (Fsp3) is 0.